The highest BCUT2D eigenvalue weighted by molar-refractivity contribution is 5.18. The molecule has 0 aliphatic heterocycles. The molecule has 0 aromatic carbocycles. The van der Waals surface area contributed by atoms with E-state index in [0.717, 1.165) is 12.8 Å². The molecule has 1 aromatic rings. The van der Waals surface area contributed by atoms with E-state index in [4.69, 9.17) is 5.73 Å². The third-order valence-electron chi connectivity index (χ3n) is 2.22. The Balaban J connectivity index is 2.96. The third-order valence-corrected chi connectivity index (χ3v) is 2.22. The van der Waals surface area contributed by atoms with Crippen molar-refractivity contribution in [3.8, 4) is 0 Å². The van der Waals surface area contributed by atoms with Gasteiger partial charge in [0.25, 0.3) is 0 Å². The quantitative estimate of drug-likeness (QED) is 0.765. The monoisotopic (exact) mass is 181 g/mol. The van der Waals surface area contributed by atoms with E-state index in [2.05, 4.69) is 30.6 Å². The number of hydrogen-bond donors (Lipinski definition) is 1. The summed E-state index contributed by atoms with van der Waals surface area (Å²) in [7, 11) is 0. The summed E-state index contributed by atoms with van der Waals surface area (Å²) in [5.74, 6) is 0. The van der Waals surface area contributed by atoms with E-state index >= 15 is 0 Å². The van der Waals surface area contributed by atoms with Crippen LogP contribution >= 0.6 is 0 Å². The minimum absolute atomic E-state index is 0.446. The van der Waals surface area contributed by atoms with E-state index in [-0.39, 0.29) is 0 Å². The Hall–Kier alpha value is -0.830. The molecular formula is C10H19N3. The van der Waals surface area contributed by atoms with Crippen LogP contribution in [0, 0.1) is 0 Å². The first-order chi connectivity index (χ1) is 6.20. The van der Waals surface area contributed by atoms with E-state index in [9.17, 15) is 0 Å². The fraction of sp³-hybridized carbons (Fsp3) is 0.700. The van der Waals surface area contributed by atoms with Crippen molar-refractivity contribution in [2.24, 2.45) is 5.73 Å². The zero-order valence-electron chi connectivity index (χ0n) is 8.75. The first-order valence-corrected chi connectivity index (χ1v) is 4.96. The average Bonchev–Trinajstić information content (AvgIpc) is 2.48. The molecule has 0 saturated heterocycles. The first-order valence-electron chi connectivity index (χ1n) is 4.96. The second-order valence-corrected chi connectivity index (χ2v) is 3.55. The Kier molecular flexibility index (Phi) is 3.48. The molecule has 1 rings (SSSR count). The van der Waals surface area contributed by atoms with Gasteiger partial charge in [-0.25, -0.2) is 0 Å². The van der Waals surface area contributed by atoms with E-state index in [1.807, 2.05) is 6.20 Å². The van der Waals surface area contributed by atoms with Crippen molar-refractivity contribution in [2.75, 3.05) is 6.54 Å². The summed E-state index contributed by atoms with van der Waals surface area (Å²) in [6.07, 6.45) is 3.93. The van der Waals surface area contributed by atoms with Crippen molar-refractivity contribution in [3.63, 3.8) is 0 Å². The summed E-state index contributed by atoms with van der Waals surface area (Å²) in [5.41, 5.74) is 8.17. The lowest BCUT2D eigenvalue weighted by Crippen LogP contribution is -2.09. The second-order valence-electron chi connectivity index (χ2n) is 3.55. The van der Waals surface area contributed by atoms with Gasteiger partial charge in [-0.1, -0.05) is 6.92 Å². The maximum absolute atomic E-state index is 5.53. The number of nitrogens with two attached hydrogens (primary N) is 1. The molecule has 1 aromatic heterocycles. The largest absolute Gasteiger partial charge is 0.330 e. The zero-order chi connectivity index (χ0) is 9.84. The van der Waals surface area contributed by atoms with Crippen molar-refractivity contribution < 1.29 is 0 Å². The van der Waals surface area contributed by atoms with Crippen LogP contribution < -0.4 is 5.73 Å². The molecule has 1 heterocycles. The van der Waals surface area contributed by atoms with Gasteiger partial charge < -0.3 is 5.73 Å². The van der Waals surface area contributed by atoms with Crippen LogP contribution in [0.5, 0.6) is 0 Å². The lowest BCUT2D eigenvalue weighted by atomic mass is 10.1. The summed E-state index contributed by atoms with van der Waals surface area (Å²) in [4.78, 5) is 0. The number of rotatable bonds is 4. The van der Waals surface area contributed by atoms with Crippen LogP contribution in [0.1, 0.15) is 38.1 Å². The molecule has 0 atom stereocenters. The summed E-state index contributed by atoms with van der Waals surface area (Å²) < 4.78 is 2.09. The summed E-state index contributed by atoms with van der Waals surface area (Å²) in [6.45, 7) is 7.17. The Labute approximate surface area is 79.9 Å². The molecule has 13 heavy (non-hydrogen) atoms. The molecule has 0 radical (unpaired) electrons. The molecule has 0 amide bonds. The minimum Gasteiger partial charge on any atom is -0.330 e. The molecule has 0 fully saturated rings. The normalized spacial score (nSPS) is 11.2. The predicted octanol–water partition coefficient (Wildman–Crippen LogP) is 1.53. The van der Waals surface area contributed by atoms with Gasteiger partial charge in [0, 0.05) is 11.7 Å². The van der Waals surface area contributed by atoms with Crippen molar-refractivity contribution in [3.05, 3.63) is 17.5 Å². The van der Waals surface area contributed by atoms with Gasteiger partial charge in [-0.15, -0.1) is 0 Å². The standard InChI is InChI=1S/C10H19N3/c1-4-10-9(5-6-11)7-12-13(10)8(2)3/h7-8H,4-6,11H2,1-3H3. The summed E-state index contributed by atoms with van der Waals surface area (Å²) in [5, 5.41) is 4.37. The molecule has 0 bridgehead atoms. The smallest absolute Gasteiger partial charge is 0.0525 e. The van der Waals surface area contributed by atoms with Gasteiger partial charge in [-0.3, -0.25) is 4.68 Å². The molecule has 2 N–H and O–H groups in total. The topological polar surface area (TPSA) is 43.8 Å². The number of nitrogens with zero attached hydrogens (tertiary/aromatic N) is 2. The average molecular weight is 181 g/mol. The molecule has 0 unspecified atom stereocenters. The van der Waals surface area contributed by atoms with Crippen molar-refractivity contribution >= 4 is 0 Å². The van der Waals surface area contributed by atoms with Crippen LogP contribution in [0.4, 0.5) is 0 Å². The lowest BCUT2D eigenvalue weighted by Gasteiger charge is -2.10. The Bertz CT molecular complexity index is 263. The van der Waals surface area contributed by atoms with E-state index < -0.39 is 0 Å². The predicted molar refractivity (Wildman–Crippen MR) is 54.7 cm³/mol. The Morgan fingerprint density at radius 3 is 2.69 bits per heavy atom. The van der Waals surface area contributed by atoms with Gasteiger partial charge in [0.15, 0.2) is 0 Å². The molecule has 74 valence electrons. The molecular weight excluding hydrogens is 162 g/mol. The van der Waals surface area contributed by atoms with Gasteiger partial charge in [-0.05, 0) is 38.8 Å². The van der Waals surface area contributed by atoms with Gasteiger partial charge in [-0.2, -0.15) is 5.10 Å². The fourth-order valence-corrected chi connectivity index (χ4v) is 1.62. The van der Waals surface area contributed by atoms with Crippen LogP contribution in [0.2, 0.25) is 0 Å². The Morgan fingerprint density at radius 2 is 2.23 bits per heavy atom. The molecule has 3 nitrogen and oxygen atoms in total. The lowest BCUT2D eigenvalue weighted by molar-refractivity contribution is 0.510. The van der Waals surface area contributed by atoms with Crippen LogP contribution in [0.3, 0.4) is 0 Å². The first kappa shape index (κ1) is 10.3. The van der Waals surface area contributed by atoms with Crippen molar-refractivity contribution in [1.82, 2.24) is 9.78 Å². The van der Waals surface area contributed by atoms with Gasteiger partial charge in [0.05, 0.1) is 6.20 Å². The Morgan fingerprint density at radius 1 is 1.54 bits per heavy atom. The molecule has 3 heteroatoms. The molecule has 0 spiro atoms. The molecule has 0 aliphatic rings. The molecule has 0 saturated carbocycles. The van der Waals surface area contributed by atoms with Crippen LogP contribution in [0.25, 0.3) is 0 Å². The molecule has 0 aliphatic carbocycles. The second kappa shape index (κ2) is 4.42. The van der Waals surface area contributed by atoms with Crippen LogP contribution in [-0.4, -0.2) is 16.3 Å². The van der Waals surface area contributed by atoms with Crippen LogP contribution in [0.15, 0.2) is 6.20 Å². The van der Waals surface area contributed by atoms with Crippen molar-refractivity contribution in [2.45, 2.75) is 39.7 Å². The minimum atomic E-state index is 0.446. The third kappa shape index (κ3) is 2.10. The zero-order valence-corrected chi connectivity index (χ0v) is 8.75. The van der Waals surface area contributed by atoms with E-state index in [0.29, 0.717) is 12.6 Å². The summed E-state index contributed by atoms with van der Waals surface area (Å²) in [6, 6.07) is 0.446. The highest BCUT2D eigenvalue weighted by atomic mass is 15.3. The summed E-state index contributed by atoms with van der Waals surface area (Å²) >= 11 is 0. The number of hydrogen-bond acceptors (Lipinski definition) is 2. The number of aromatic nitrogens is 2. The van der Waals surface area contributed by atoms with Crippen LogP contribution in [-0.2, 0) is 12.8 Å². The van der Waals surface area contributed by atoms with Gasteiger partial charge >= 0.3 is 0 Å². The highest BCUT2D eigenvalue weighted by Gasteiger charge is 2.09. The van der Waals surface area contributed by atoms with Gasteiger partial charge in [0.1, 0.15) is 0 Å². The maximum Gasteiger partial charge on any atom is 0.0525 e. The van der Waals surface area contributed by atoms with E-state index in [1.54, 1.807) is 0 Å². The highest BCUT2D eigenvalue weighted by Crippen LogP contribution is 2.14. The van der Waals surface area contributed by atoms with E-state index in [1.165, 1.54) is 11.3 Å². The SMILES string of the molecule is CCc1c(CCN)cnn1C(C)C. The fourth-order valence-electron chi connectivity index (χ4n) is 1.62. The van der Waals surface area contributed by atoms with Gasteiger partial charge in [0.2, 0.25) is 0 Å². The van der Waals surface area contributed by atoms with Crippen molar-refractivity contribution in [1.29, 1.82) is 0 Å². The maximum atomic E-state index is 5.53.